The van der Waals surface area contributed by atoms with Crippen molar-refractivity contribution >= 4 is 28.8 Å². The van der Waals surface area contributed by atoms with Gasteiger partial charge in [-0.1, -0.05) is 38.1 Å². The Morgan fingerprint density at radius 3 is 2.50 bits per heavy atom. The lowest BCUT2D eigenvalue weighted by Gasteiger charge is -2.14. The molecule has 3 aromatic rings. The monoisotopic (exact) mass is 425 g/mol. The highest BCUT2D eigenvalue weighted by atomic mass is 32.1. The van der Waals surface area contributed by atoms with E-state index in [2.05, 4.69) is 29.5 Å². The van der Waals surface area contributed by atoms with Gasteiger partial charge in [0.2, 0.25) is 0 Å². The number of nitrogens with zero attached hydrogens (tertiary/aromatic N) is 1. The zero-order valence-corrected chi connectivity index (χ0v) is 18.0. The number of hydrogen-bond donors (Lipinski definition) is 2. The Balaban J connectivity index is 1.69. The van der Waals surface area contributed by atoms with Crippen LogP contribution in [0.3, 0.4) is 0 Å². The van der Waals surface area contributed by atoms with Gasteiger partial charge in [0.25, 0.3) is 11.8 Å². The number of nitrogens with one attached hydrogen (secondary N) is 2. The molecule has 30 heavy (non-hydrogen) atoms. The third kappa shape index (κ3) is 5.10. The molecule has 2 amide bonds. The maximum atomic E-state index is 13.9. The van der Waals surface area contributed by atoms with Crippen LogP contribution < -0.4 is 10.6 Å². The van der Waals surface area contributed by atoms with Gasteiger partial charge in [-0.3, -0.25) is 9.59 Å². The van der Waals surface area contributed by atoms with Crippen LogP contribution in [0.2, 0.25) is 0 Å². The standard InChI is InChI=1S/C23H24FN3O2S/c1-14(2)23-26-16(13-30-23)11-12-25-21(28)18-9-6-7-15(3)20(18)27-22(29)17-8-4-5-10-19(17)24/h4-10,13-14H,11-12H2,1-3H3,(H,25,28)(H,27,29). The van der Waals surface area contributed by atoms with E-state index < -0.39 is 11.7 Å². The number of halogens is 1. The Kier molecular flexibility index (Phi) is 6.95. The van der Waals surface area contributed by atoms with Crippen LogP contribution in [-0.4, -0.2) is 23.3 Å². The second-order valence-corrected chi connectivity index (χ2v) is 8.16. The van der Waals surface area contributed by atoms with Crippen molar-refractivity contribution in [1.29, 1.82) is 0 Å². The van der Waals surface area contributed by atoms with Crippen LogP contribution in [0.1, 0.15) is 56.7 Å². The molecule has 0 aliphatic carbocycles. The van der Waals surface area contributed by atoms with Crippen LogP contribution in [0.5, 0.6) is 0 Å². The molecule has 2 aromatic carbocycles. The second kappa shape index (κ2) is 9.63. The minimum atomic E-state index is -0.612. The molecule has 2 N–H and O–H groups in total. The summed E-state index contributed by atoms with van der Waals surface area (Å²) in [7, 11) is 0. The maximum Gasteiger partial charge on any atom is 0.258 e. The van der Waals surface area contributed by atoms with Gasteiger partial charge in [-0.15, -0.1) is 11.3 Å². The smallest absolute Gasteiger partial charge is 0.258 e. The Bertz CT molecular complexity index is 1060. The third-order valence-corrected chi connectivity index (χ3v) is 5.80. The van der Waals surface area contributed by atoms with Gasteiger partial charge in [0.1, 0.15) is 5.82 Å². The summed E-state index contributed by atoms with van der Waals surface area (Å²) < 4.78 is 13.9. The number of benzene rings is 2. The van der Waals surface area contributed by atoms with Crippen LogP contribution >= 0.6 is 11.3 Å². The number of rotatable bonds is 7. The van der Waals surface area contributed by atoms with Crippen LogP contribution in [0, 0.1) is 12.7 Å². The first-order chi connectivity index (χ1) is 14.4. The van der Waals surface area contributed by atoms with Gasteiger partial charge in [0, 0.05) is 24.3 Å². The topological polar surface area (TPSA) is 71.1 Å². The molecule has 1 aromatic heterocycles. The molecule has 0 aliphatic heterocycles. The van der Waals surface area contributed by atoms with Crippen molar-refractivity contribution in [2.75, 3.05) is 11.9 Å². The van der Waals surface area contributed by atoms with E-state index in [1.807, 2.05) is 5.38 Å². The highest BCUT2D eigenvalue weighted by Crippen LogP contribution is 2.22. The number of aromatic nitrogens is 1. The van der Waals surface area contributed by atoms with Gasteiger partial charge in [-0.05, 0) is 30.7 Å². The van der Waals surface area contributed by atoms with Crippen molar-refractivity contribution in [2.24, 2.45) is 0 Å². The molecule has 7 heteroatoms. The Labute approximate surface area is 179 Å². The summed E-state index contributed by atoms with van der Waals surface area (Å²) in [5.41, 5.74) is 2.30. The van der Waals surface area contributed by atoms with Gasteiger partial charge >= 0.3 is 0 Å². The molecule has 0 fully saturated rings. The molecule has 0 aliphatic rings. The normalized spacial score (nSPS) is 10.8. The van der Waals surface area contributed by atoms with Crippen molar-refractivity contribution in [2.45, 2.75) is 33.1 Å². The van der Waals surface area contributed by atoms with E-state index in [-0.39, 0.29) is 11.5 Å². The quantitative estimate of drug-likeness (QED) is 0.563. The van der Waals surface area contributed by atoms with Crippen molar-refractivity contribution in [3.63, 3.8) is 0 Å². The first-order valence-corrected chi connectivity index (χ1v) is 10.6. The molecule has 0 saturated heterocycles. The Morgan fingerprint density at radius 1 is 1.07 bits per heavy atom. The zero-order valence-electron chi connectivity index (χ0n) is 17.2. The zero-order chi connectivity index (χ0) is 21.7. The average Bonchev–Trinajstić information content (AvgIpc) is 3.19. The lowest BCUT2D eigenvalue weighted by atomic mass is 10.1. The van der Waals surface area contributed by atoms with Gasteiger partial charge in [0.05, 0.1) is 27.5 Å². The Morgan fingerprint density at radius 2 is 1.80 bits per heavy atom. The molecule has 5 nitrogen and oxygen atoms in total. The molecule has 0 atom stereocenters. The van der Waals surface area contributed by atoms with Crippen molar-refractivity contribution in [3.05, 3.63) is 81.1 Å². The summed E-state index contributed by atoms with van der Waals surface area (Å²) in [5.74, 6) is -1.13. The van der Waals surface area contributed by atoms with Gasteiger partial charge in [0.15, 0.2) is 0 Å². The molecule has 156 valence electrons. The van der Waals surface area contributed by atoms with E-state index in [9.17, 15) is 14.0 Å². The first kappa shape index (κ1) is 21.6. The molecule has 0 saturated carbocycles. The van der Waals surface area contributed by atoms with E-state index in [4.69, 9.17) is 0 Å². The highest BCUT2D eigenvalue weighted by molar-refractivity contribution is 7.09. The van der Waals surface area contributed by atoms with Crippen molar-refractivity contribution in [3.8, 4) is 0 Å². The number of carbonyl (C=O) groups excluding carboxylic acids is 2. The molecule has 0 unspecified atom stereocenters. The number of aryl methyl sites for hydroxylation is 1. The summed E-state index contributed by atoms with van der Waals surface area (Å²) >= 11 is 1.62. The summed E-state index contributed by atoms with van der Waals surface area (Å²) in [6.45, 7) is 6.41. The SMILES string of the molecule is Cc1cccc(C(=O)NCCc2csc(C(C)C)n2)c1NC(=O)c1ccccc1F. The predicted octanol–water partition coefficient (Wildman–Crippen LogP) is 4.94. The molecule has 0 radical (unpaired) electrons. The number of para-hydroxylation sites is 1. The minimum Gasteiger partial charge on any atom is -0.352 e. The van der Waals surface area contributed by atoms with Crippen LogP contribution in [-0.2, 0) is 6.42 Å². The fraction of sp³-hybridized carbons (Fsp3) is 0.261. The third-order valence-electron chi connectivity index (χ3n) is 4.60. The summed E-state index contributed by atoms with van der Waals surface area (Å²) in [4.78, 5) is 29.8. The number of amides is 2. The molecular formula is C23H24FN3O2S. The number of thiazole rings is 1. The molecular weight excluding hydrogens is 401 g/mol. The summed E-state index contributed by atoms with van der Waals surface area (Å²) in [6.07, 6.45) is 0.623. The van der Waals surface area contributed by atoms with Gasteiger partial charge < -0.3 is 10.6 Å². The molecule has 1 heterocycles. The molecule has 3 rings (SSSR count). The number of carbonyl (C=O) groups is 2. The predicted molar refractivity (Wildman–Crippen MR) is 118 cm³/mol. The largest absolute Gasteiger partial charge is 0.352 e. The van der Waals surface area contributed by atoms with Crippen molar-refractivity contribution < 1.29 is 14.0 Å². The first-order valence-electron chi connectivity index (χ1n) is 9.74. The van der Waals surface area contributed by atoms with Crippen LogP contribution in [0.25, 0.3) is 0 Å². The Hall–Kier alpha value is -3.06. The fourth-order valence-corrected chi connectivity index (χ4v) is 3.82. The second-order valence-electron chi connectivity index (χ2n) is 7.27. The molecule has 0 spiro atoms. The molecule has 0 bridgehead atoms. The lowest BCUT2D eigenvalue weighted by molar-refractivity contribution is 0.0955. The van der Waals surface area contributed by atoms with Crippen LogP contribution in [0.4, 0.5) is 10.1 Å². The van der Waals surface area contributed by atoms with E-state index >= 15 is 0 Å². The summed E-state index contributed by atoms with van der Waals surface area (Å²) in [5, 5.41) is 8.65. The van der Waals surface area contributed by atoms with Crippen LogP contribution in [0.15, 0.2) is 47.8 Å². The maximum absolute atomic E-state index is 13.9. The number of hydrogen-bond acceptors (Lipinski definition) is 4. The van der Waals surface area contributed by atoms with E-state index in [0.717, 1.165) is 10.7 Å². The minimum absolute atomic E-state index is 0.0726. The van der Waals surface area contributed by atoms with Gasteiger partial charge in [-0.25, -0.2) is 9.37 Å². The highest BCUT2D eigenvalue weighted by Gasteiger charge is 2.18. The fourth-order valence-electron chi connectivity index (χ4n) is 2.95. The van der Waals surface area contributed by atoms with E-state index in [1.54, 1.807) is 42.5 Å². The summed E-state index contributed by atoms with van der Waals surface area (Å²) in [6, 6.07) is 10.9. The lowest BCUT2D eigenvalue weighted by Crippen LogP contribution is -2.27. The average molecular weight is 426 g/mol. The van der Waals surface area contributed by atoms with Crippen molar-refractivity contribution in [1.82, 2.24) is 10.3 Å². The number of anilines is 1. The van der Waals surface area contributed by atoms with E-state index in [0.29, 0.717) is 35.7 Å². The van der Waals surface area contributed by atoms with E-state index in [1.165, 1.54) is 18.2 Å². The van der Waals surface area contributed by atoms with Gasteiger partial charge in [-0.2, -0.15) is 0 Å².